The molecule has 6 heteroatoms. The van der Waals surface area contributed by atoms with Gasteiger partial charge in [0, 0.05) is 17.1 Å². The summed E-state index contributed by atoms with van der Waals surface area (Å²) in [6.07, 6.45) is 0. The molecular weight excluding hydrogens is 286 g/mol. The molecule has 3 nitrogen and oxygen atoms in total. The summed E-state index contributed by atoms with van der Waals surface area (Å²) in [4.78, 5) is 0. The zero-order valence-electron chi connectivity index (χ0n) is 8.58. The number of hydrogen-bond acceptors (Lipinski definition) is 3. The lowest BCUT2D eigenvalue weighted by Crippen LogP contribution is -2.06. The molecule has 0 aromatic heterocycles. The van der Waals surface area contributed by atoms with E-state index < -0.39 is 6.61 Å². The molecule has 0 N–H and O–H groups in total. The maximum Gasteiger partial charge on any atom is 0.387 e. The van der Waals surface area contributed by atoms with Gasteiger partial charge in [0.2, 0.25) is 0 Å². The van der Waals surface area contributed by atoms with Gasteiger partial charge in [0.15, 0.2) is 0 Å². The molecule has 1 rings (SSSR count). The van der Waals surface area contributed by atoms with Crippen LogP contribution in [0.15, 0.2) is 22.7 Å². The highest BCUT2D eigenvalue weighted by molar-refractivity contribution is 9.10. The average molecular weight is 297 g/mol. The van der Waals surface area contributed by atoms with Gasteiger partial charge < -0.3 is 14.2 Å². The molecule has 0 aliphatic heterocycles. The van der Waals surface area contributed by atoms with Crippen LogP contribution in [0.3, 0.4) is 0 Å². The molecule has 0 heterocycles. The Morgan fingerprint density at radius 3 is 2.75 bits per heavy atom. The van der Waals surface area contributed by atoms with E-state index in [0.29, 0.717) is 5.56 Å². The summed E-state index contributed by atoms with van der Waals surface area (Å²) in [5.41, 5.74) is 0.534. The van der Waals surface area contributed by atoms with Gasteiger partial charge in [0.25, 0.3) is 0 Å². The lowest BCUT2D eigenvalue weighted by atomic mass is 10.2. The van der Waals surface area contributed by atoms with Gasteiger partial charge in [-0.2, -0.15) is 8.78 Å². The molecule has 0 amide bonds. The van der Waals surface area contributed by atoms with E-state index in [0.717, 1.165) is 4.47 Å². The van der Waals surface area contributed by atoms with Crippen molar-refractivity contribution in [1.29, 1.82) is 0 Å². The summed E-state index contributed by atoms with van der Waals surface area (Å²) >= 11 is 3.24. The van der Waals surface area contributed by atoms with Gasteiger partial charge in [-0.15, -0.1) is 0 Å². The first-order valence-electron chi connectivity index (χ1n) is 4.43. The van der Waals surface area contributed by atoms with E-state index in [1.165, 1.54) is 13.2 Å². The highest BCUT2D eigenvalue weighted by atomic mass is 79.9. The molecule has 16 heavy (non-hydrogen) atoms. The number of benzene rings is 1. The predicted octanol–water partition coefficient (Wildman–Crippen LogP) is 3.17. The molecular formula is C10H11BrF2O3. The summed E-state index contributed by atoms with van der Waals surface area (Å²) in [7, 11) is 1.48. The Balaban J connectivity index is 2.73. The van der Waals surface area contributed by atoms with Gasteiger partial charge in [-0.1, -0.05) is 15.9 Å². The molecule has 0 radical (unpaired) electrons. The van der Waals surface area contributed by atoms with Crippen molar-refractivity contribution in [3.8, 4) is 5.75 Å². The Hall–Kier alpha value is -0.720. The van der Waals surface area contributed by atoms with Gasteiger partial charge in [-0.05, 0) is 18.2 Å². The van der Waals surface area contributed by atoms with Crippen molar-refractivity contribution < 1.29 is 23.0 Å². The summed E-state index contributed by atoms with van der Waals surface area (Å²) in [6.45, 7) is -2.60. The van der Waals surface area contributed by atoms with Crippen molar-refractivity contribution >= 4 is 15.9 Å². The van der Waals surface area contributed by atoms with E-state index in [-0.39, 0.29) is 19.1 Å². The Morgan fingerprint density at radius 1 is 1.38 bits per heavy atom. The molecule has 0 spiro atoms. The van der Waals surface area contributed by atoms with Gasteiger partial charge in [0.1, 0.15) is 12.5 Å². The van der Waals surface area contributed by atoms with Gasteiger partial charge in [-0.3, -0.25) is 0 Å². The van der Waals surface area contributed by atoms with E-state index in [2.05, 4.69) is 20.7 Å². The number of hydrogen-bond donors (Lipinski definition) is 0. The first-order chi connectivity index (χ1) is 7.63. The Kier molecular flexibility index (Phi) is 5.65. The molecule has 0 saturated heterocycles. The Labute approximate surface area is 100 Å². The second-order valence-corrected chi connectivity index (χ2v) is 3.80. The average Bonchev–Trinajstić information content (AvgIpc) is 2.22. The minimum atomic E-state index is -2.85. The van der Waals surface area contributed by atoms with E-state index in [4.69, 9.17) is 9.47 Å². The maximum atomic E-state index is 12.1. The zero-order valence-corrected chi connectivity index (χ0v) is 10.2. The third-order valence-electron chi connectivity index (χ3n) is 1.70. The molecule has 1 aromatic carbocycles. The SMILES string of the molecule is COCOCc1cc(Br)ccc1OC(F)F. The van der Waals surface area contributed by atoms with Crippen LogP contribution in [0.25, 0.3) is 0 Å². The van der Waals surface area contributed by atoms with Crippen LogP contribution in [-0.2, 0) is 16.1 Å². The fourth-order valence-corrected chi connectivity index (χ4v) is 1.52. The van der Waals surface area contributed by atoms with Crippen LogP contribution >= 0.6 is 15.9 Å². The summed E-state index contributed by atoms with van der Waals surface area (Å²) in [5.74, 6) is 0.106. The van der Waals surface area contributed by atoms with E-state index in [9.17, 15) is 8.78 Å². The first kappa shape index (κ1) is 13.3. The van der Waals surface area contributed by atoms with Gasteiger partial charge in [-0.25, -0.2) is 0 Å². The van der Waals surface area contributed by atoms with Crippen molar-refractivity contribution in [2.24, 2.45) is 0 Å². The lowest BCUT2D eigenvalue weighted by molar-refractivity contribution is -0.0566. The van der Waals surface area contributed by atoms with Crippen LogP contribution < -0.4 is 4.74 Å². The van der Waals surface area contributed by atoms with Crippen LogP contribution in [0, 0.1) is 0 Å². The topological polar surface area (TPSA) is 27.7 Å². The fraction of sp³-hybridized carbons (Fsp3) is 0.400. The molecule has 0 unspecified atom stereocenters. The summed E-state index contributed by atoms with van der Waals surface area (Å²) < 4.78 is 39.1. The van der Waals surface area contributed by atoms with Crippen LogP contribution in [0.1, 0.15) is 5.56 Å². The second kappa shape index (κ2) is 6.78. The number of halogens is 3. The Bertz CT molecular complexity index is 334. The Morgan fingerprint density at radius 2 is 2.12 bits per heavy atom. The van der Waals surface area contributed by atoms with E-state index in [1.54, 1.807) is 12.1 Å². The van der Waals surface area contributed by atoms with E-state index >= 15 is 0 Å². The molecule has 0 saturated carbocycles. The lowest BCUT2D eigenvalue weighted by Gasteiger charge is -2.11. The van der Waals surface area contributed by atoms with Crippen molar-refractivity contribution in [1.82, 2.24) is 0 Å². The second-order valence-electron chi connectivity index (χ2n) is 2.89. The van der Waals surface area contributed by atoms with Gasteiger partial charge in [0.05, 0.1) is 6.61 Å². The number of alkyl halides is 2. The maximum absolute atomic E-state index is 12.1. The van der Waals surface area contributed by atoms with Crippen molar-refractivity contribution in [3.05, 3.63) is 28.2 Å². The molecule has 90 valence electrons. The predicted molar refractivity (Wildman–Crippen MR) is 57.4 cm³/mol. The number of rotatable bonds is 6. The molecule has 0 fully saturated rings. The normalized spacial score (nSPS) is 10.8. The van der Waals surface area contributed by atoms with Gasteiger partial charge >= 0.3 is 6.61 Å². The highest BCUT2D eigenvalue weighted by Gasteiger charge is 2.10. The monoisotopic (exact) mass is 296 g/mol. The molecule has 1 aromatic rings. The highest BCUT2D eigenvalue weighted by Crippen LogP contribution is 2.25. The minimum absolute atomic E-state index is 0.0978. The molecule has 0 atom stereocenters. The van der Waals surface area contributed by atoms with Crippen molar-refractivity contribution in [2.45, 2.75) is 13.2 Å². The van der Waals surface area contributed by atoms with E-state index in [1.807, 2.05) is 0 Å². The standard InChI is InChI=1S/C10H11BrF2O3/c1-14-6-15-5-7-4-8(11)2-3-9(7)16-10(12)13/h2-4,10H,5-6H2,1H3. The largest absolute Gasteiger partial charge is 0.434 e. The summed E-state index contributed by atoms with van der Waals surface area (Å²) in [6, 6.07) is 4.74. The quantitative estimate of drug-likeness (QED) is 0.596. The van der Waals surface area contributed by atoms with Crippen LogP contribution in [-0.4, -0.2) is 20.5 Å². The molecule has 0 aliphatic carbocycles. The van der Waals surface area contributed by atoms with Crippen molar-refractivity contribution in [2.75, 3.05) is 13.9 Å². The zero-order chi connectivity index (χ0) is 12.0. The van der Waals surface area contributed by atoms with Crippen LogP contribution in [0.4, 0.5) is 8.78 Å². The minimum Gasteiger partial charge on any atom is -0.434 e. The molecule has 0 aliphatic rings. The fourth-order valence-electron chi connectivity index (χ4n) is 1.11. The third-order valence-corrected chi connectivity index (χ3v) is 2.19. The molecule has 0 bridgehead atoms. The van der Waals surface area contributed by atoms with Crippen LogP contribution in [0.5, 0.6) is 5.75 Å². The first-order valence-corrected chi connectivity index (χ1v) is 5.22. The number of methoxy groups -OCH3 is 1. The summed E-state index contributed by atoms with van der Waals surface area (Å²) in [5, 5.41) is 0. The van der Waals surface area contributed by atoms with Crippen LogP contribution in [0.2, 0.25) is 0 Å². The number of ether oxygens (including phenoxy) is 3. The third kappa shape index (κ3) is 4.42. The smallest absolute Gasteiger partial charge is 0.387 e. The van der Waals surface area contributed by atoms with Crippen molar-refractivity contribution in [3.63, 3.8) is 0 Å².